The van der Waals surface area contributed by atoms with E-state index in [-0.39, 0.29) is 25.5 Å². The van der Waals surface area contributed by atoms with Gasteiger partial charge in [-0.15, -0.1) is 11.6 Å². The molecule has 0 saturated heterocycles. The van der Waals surface area contributed by atoms with Crippen LogP contribution in [0.4, 0.5) is 0 Å². The lowest BCUT2D eigenvalue weighted by atomic mass is 10.4. The average molecular weight is 185 g/mol. The molecule has 0 aromatic heterocycles. The van der Waals surface area contributed by atoms with Crippen molar-refractivity contribution >= 4 is 11.6 Å². The van der Waals surface area contributed by atoms with Crippen LogP contribution in [-0.4, -0.2) is 46.8 Å². The molecular weight excluding hydrogens is 172 g/mol. The van der Waals surface area contributed by atoms with Gasteiger partial charge in [0.15, 0.2) is 6.29 Å². The van der Waals surface area contributed by atoms with Crippen LogP contribution in [0.1, 0.15) is 6.42 Å². The lowest BCUT2D eigenvalue weighted by molar-refractivity contribution is -0.0659. The second-order valence-corrected chi connectivity index (χ2v) is 2.46. The first-order valence-electron chi connectivity index (χ1n) is 3.34. The highest BCUT2D eigenvalue weighted by atomic mass is 35.5. The number of aliphatic hydroxyl groups excluding tert-OH is 2. The Balaban J connectivity index is 3.01. The maximum atomic E-state index is 8.84. The van der Waals surface area contributed by atoms with Gasteiger partial charge in [-0.05, 0) is 0 Å². The van der Waals surface area contributed by atoms with Crippen molar-refractivity contribution in [2.45, 2.75) is 18.8 Å². The van der Waals surface area contributed by atoms with Gasteiger partial charge in [0, 0.05) is 6.42 Å². The van der Waals surface area contributed by atoms with Crippen LogP contribution in [0.5, 0.6) is 0 Å². The zero-order valence-corrected chi connectivity index (χ0v) is 6.87. The molecule has 1 unspecified atom stereocenters. The number of halogens is 1. The van der Waals surface area contributed by atoms with Crippen LogP contribution in [-0.2, 0) is 4.74 Å². The van der Waals surface area contributed by atoms with E-state index in [1.54, 1.807) is 0 Å². The highest BCUT2D eigenvalue weighted by molar-refractivity contribution is 6.18. The maximum absolute atomic E-state index is 8.84. The molecule has 0 aliphatic rings. The molecule has 0 aliphatic carbocycles. The number of aliphatic hydroxyl groups is 3. The average Bonchev–Trinajstić information content (AvgIpc) is 1.97. The first kappa shape index (κ1) is 11.1. The summed E-state index contributed by atoms with van der Waals surface area (Å²) in [7, 11) is 0. The van der Waals surface area contributed by atoms with Gasteiger partial charge in [-0.1, -0.05) is 0 Å². The molecule has 0 saturated carbocycles. The fourth-order valence-corrected chi connectivity index (χ4v) is 0.542. The van der Waals surface area contributed by atoms with Gasteiger partial charge in [-0.3, -0.25) is 0 Å². The van der Waals surface area contributed by atoms with Crippen molar-refractivity contribution in [1.82, 2.24) is 0 Å². The normalized spacial score (nSPS) is 13.9. The van der Waals surface area contributed by atoms with Crippen LogP contribution in [0, 0.1) is 0 Å². The third kappa shape index (κ3) is 8.03. The summed E-state index contributed by atoms with van der Waals surface area (Å²) in [4.78, 5) is 0. The number of hydrogen-bond acceptors (Lipinski definition) is 4. The Kier molecular flexibility index (Phi) is 6.90. The third-order valence-corrected chi connectivity index (χ3v) is 1.36. The van der Waals surface area contributed by atoms with E-state index in [2.05, 4.69) is 0 Å². The van der Waals surface area contributed by atoms with Gasteiger partial charge >= 0.3 is 0 Å². The van der Waals surface area contributed by atoms with Crippen molar-refractivity contribution in [3.05, 3.63) is 0 Å². The smallest absolute Gasteiger partial charge is 0.153 e. The molecule has 0 fully saturated rings. The number of rotatable bonds is 6. The zero-order chi connectivity index (χ0) is 8.69. The first-order chi connectivity index (χ1) is 5.16. The number of ether oxygens (including phenoxy) is 1. The SMILES string of the molecule is OC(O)CCOCC(O)CCl. The third-order valence-electron chi connectivity index (χ3n) is 1.01. The van der Waals surface area contributed by atoms with Crippen LogP contribution < -0.4 is 0 Å². The van der Waals surface area contributed by atoms with Crippen LogP contribution >= 0.6 is 11.6 Å². The van der Waals surface area contributed by atoms with Gasteiger partial charge in [0.25, 0.3) is 0 Å². The van der Waals surface area contributed by atoms with Crippen molar-refractivity contribution in [1.29, 1.82) is 0 Å². The van der Waals surface area contributed by atoms with Gasteiger partial charge in [0.05, 0.1) is 25.2 Å². The summed E-state index contributed by atoms with van der Waals surface area (Å²) < 4.78 is 4.84. The minimum atomic E-state index is -1.34. The molecule has 3 N–H and O–H groups in total. The Morgan fingerprint density at radius 1 is 1.27 bits per heavy atom. The molecule has 0 bridgehead atoms. The van der Waals surface area contributed by atoms with Crippen LogP contribution in [0.3, 0.4) is 0 Å². The van der Waals surface area contributed by atoms with Gasteiger partial charge in [0.1, 0.15) is 0 Å². The lowest BCUT2D eigenvalue weighted by Crippen LogP contribution is -2.18. The second-order valence-electron chi connectivity index (χ2n) is 2.15. The molecule has 4 nitrogen and oxygen atoms in total. The molecule has 1 atom stereocenters. The van der Waals surface area contributed by atoms with E-state index >= 15 is 0 Å². The molecule has 0 spiro atoms. The van der Waals surface area contributed by atoms with E-state index < -0.39 is 12.4 Å². The van der Waals surface area contributed by atoms with Crippen LogP contribution in [0.2, 0.25) is 0 Å². The molecule has 0 aromatic carbocycles. The van der Waals surface area contributed by atoms with Crippen molar-refractivity contribution in [3.8, 4) is 0 Å². The highest BCUT2D eigenvalue weighted by Gasteiger charge is 2.02. The first-order valence-corrected chi connectivity index (χ1v) is 3.88. The maximum Gasteiger partial charge on any atom is 0.153 e. The monoisotopic (exact) mass is 184 g/mol. The molecule has 68 valence electrons. The summed E-state index contributed by atoms with van der Waals surface area (Å²) in [6.07, 6.45) is -1.87. The standard InChI is InChI=1S/C6H13ClO4/c7-3-5(8)4-11-2-1-6(9)10/h5-6,8-10H,1-4H2. The Bertz CT molecular complexity index is 88.7. The van der Waals surface area contributed by atoms with Crippen LogP contribution in [0.25, 0.3) is 0 Å². The zero-order valence-electron chi connectivity index (χ0n) is 6.11. The Morgan fingerprint density at radius 2 is 1.91 bits per heavy atom. The Morgan fingerprint density at radius 3 is 2.36 bits per heavy atom. The number of alkyl halides is 1. The predicted octanol–water partition coefficient (Wildman–Crippen LogP) is -0.697. The summed E-state index contributed by atoms with van der Waals surface area (Å²) in [5, 5.41) is 25.6. The molecule has 5 heteroatoms. The summed E-state index contributed by atoms with van der Waals surface area (Å²) in [5.41, 5.74) is 0. The van der Waals surface area contributed by atoms with Gasteiger partial charge < -0.3 is 20.1 Å². The van der Waals surface area contributed by atoms with Crippen molar-refractivity contribution in [2.24, 2.45) is 0 Å². The highest BCUT2D eigenvalue weighted by Crippen LogP contribution is 1.92. The summed E-state index contributed by atoms with van der Waals surface area (Å²) in [6.45, 7) is 0.349. The summed E-state index contributed by atoms with van der Waals surface area (Å²) in [6, 6.07) is 0. The molecule has 11 heavy (non-hydrogen) atoms. The molecular formula is C6H13ClO4. The molecule has 0 heterocycles. The van der Waals surface area contributed by atoms with Gasteiger partial charge in [-0.2, -0.15) is 0 Å². The van der Waals surface area contributed by atoms with Crippen molar-refractivity contribution in [3.63, 3.8) is 0 Å². The van der Waals surface area contributed by atoms with E-state index in [0.717, 1.165) is 0 Å². The van der Waals surface area contributed by atoms with E-state index in [1.807, 2.05) is 0 Å². The Hall–Kier alpha value is 0.130. The van der Waals surface area contributed by atoms with E-state index in [4.69, 9.17) is 31.7 Å². The number of hydrogen-bond donors (Lipinski definition) is 3. The predicted molar refractivity (Wildman–Crippen MR) is 40.4 cm³/mol. The van der Waals surface area contributed by atoms with Crippen molar-refractivity contribution < 1.29 is 20.1 Å². The van der Waals surface area contributed by atoms with Crippen LogP contribution in [0.15, 0.2) is 0 Å². The topological polar surface area (TPSA) is 69.9 Å². The molecule has 0 aromatic rings. The molecule has 0 radical (unpaired) electrons. The lowest BCUT2D eigenvalue weighted by Gasteiger charge is -2.08. The largest absolute Gasteiger partial charge is 0.389 e. The van der Waals surface area contributed by atoms with E-state index in [1.165, 1.54) is 0 Å². The fourth-order valence-electron chi connectivity index (χ4n) is 0.453. The van der Waals surface area contributed by atoms with E-state index in [9.17, 15) is 0 Å². The second kappa shape index (κ2) is 6.82. The molecule has 0 aliphatic heterocycles. The molecule has 0 amide bonds. The minimum absolute atomic E-state index is 0.127. The van der Waals surface area contributed by atoms with Crippen molar-refractivity contribution in [2.75, 3.05) is 19.1 Å². The minimum Gasteiger partial charge on any atom is -0.389 e. The Labute approximate surface area is 70.4 Å². The summed E-state index contributed by atoms with van der Waals surface area (Å²) >= 11 is 5.26. The van der Waals surface area contributed by atoms with Gasteiger partial charge in [0.2, 0.25) is 0 Å². The molecule has 0 rings (SSSR count). The van der Waals surface area contributed by atoms with E-state index in [0.29, 0.717) is 0 Å². The summed E-state index contributed by atoms with van der Waals surface area (Å²) in [5.74, 6) is 0.127. The fraction of sp³-hybridized carbons (Fsp3) is 1.00. The quantitative estimate of drug-likeness (QED) is 0.290. The van der Waals surface area contributed by atoms with Gasteiger partial charge in [-0.25, -0.2) is 0 Å².